The predicted octanol–water partition coefficient (Wildman–Crippen LogP) is 2.84. The number of hydrogen-bond acceptors (Lipinski definition) is 2. The second-order valence-electron chi connectivity index (χ2n) is 8.15. The van der Waals surface area contributed by atoms with Crippen molar-refractivity contribution in [3.8, 4) is 0 Å². The van der Waals surface area contributed by atoms with Crippen LogP contribution in [0.5, 0.6) is 0 Å². The van der Waals surface area contributed by atoms with Crippen molar-refractivity contribution in [1.29, 1.82) is 0 Å². The van der Waals surface area contributed by atoms with Crippen LogP contribution in [0, 0.1) is 10.8 Å². The Morgan fingerprint density at radius 1 is 0.882 bits per heavy atom. The number of likely N-dealkylation sites (tertiary alicyclic amines) is 2. The fourth-order valence-electron chi connectivity index (χ4n) is 3.55. The van der Waals surface area contributed by atoms with E-state index in [-0.39, 0.29) is 0 Å². The molecule has 2 aliphatic heterocycles. The summed E-state index contributed by atoms with van der Waals surface area (Å²) in [5.41, 5.74) is 1.27. The zero-order valence-electron chi connectivity index (χ0n) is 12.8. The minimum Gasteiger partial charge on any atom is -0.300 e. The van der Waals surface area contributed by atoms with E-state index in [9.17, 15) is 0 Å². The highest BCUT2D eigenvalue weighted by Crippen LogP contribution is 2.53. The second-order valence-corrected chi connectivity index (χ2v) is 8.15. The fraction of sp³-hybridized carbons (Fsp3) is 1.00. The van der Waals surface area contributed by atoms with Crippen molar-refractivity contribution in [3.05, 3.63) is 0 Å². The van der Waals surface area contributed by atoms with Crippen LogP contribution in [-0.4, -0.2) is 47.6 Å². The Labute approximate surface area is 107 Å². The Morgan fingerprint density at radius 2 is 1.29 bits per heavy atom. The molecule has 2 unspecified atom stereocenters. The van der Waals surface area contributed by atoms with Gasteiger partial charge in [-0.2, -0.15) is 0 Å². The molecular weight excluding hydrogens is 208 g/mol. The zero-order valence-corrected chi connectivity index (χ0v) is 12.8. The quantitative estimate of drug-likeness (QED) is 0.693. The third-order valence-corrected chi connectivity index (χ3v) is 5.32. The van der Waals surface area contributed by atoms with Gasteiger partial charge in [0.05, 0.1) is 0 Å². The molecule has 0 aromatic rings. The molecule has 2 saturated heterocycles. The average Bonchev–Trinajstić information content (AvgIpc) is 2.49. The maximum atomic E-state index is 2.69. The van der Waals surface area contributed by atoms with Gasteiger partial charge in [0.1, 0.15) is 0 Å². The maximum absolute atomic E-state index is 2.69. The molecule has 0 bridgehead atoms. The Kier molecular flexibility index (Phi) is 2.91. The highest BCUT2D eigenvalue weighted by Gasteiger charge is 2.58. The van der Waals surface area contributed by atoms with Crippen LogP contribution in [-0.2, 0) is 0 Å². The molecule has 100 valence electrons. The van der Waals surface area contributed by atoms with Gasteiger partial charge in [-0.1, -0.05) is 13.8 Å². The number of rotatable bonds is 1. The van der Waals surface area contributed by atoms with E-state index in [0.717, 1.165) is 0 Å². The zero-order chi connectivity index (χ0) is 13.1. The van der Waals surface area contributed by atoms with E-state index in [1.54, 1.807) is 0 Å². The SMILES string of the molecule is CC(C)N1CC2(C)CN(C(C)(C)C)CC2(C)C1. The van der Waals surface area contributed by atoms with Gasteiger partial charge < -0.3 is 0 Å². The van der Waals surface area contributed by atoms with E-state index in [4.69, 9.17) is 0 Å². The summed E-state index contributed by atoms with van der Waals surface area (Å²) in [5.74, 6) is 0. The van der Waals surface area contributed by atoms with Crippen LogP contribution in [0.3, 0.4) is 0 Å². The molecule has 0 radical (unpaired) electrons. The molecule has 2 heteroatoms. The number of fused-ring (bicyclic) bond motifs is 1. The van der Waals surface area contributed by atoms with Crippen LogP contribution < -0.4 is 0 Å². The summed E-state index contributed by atoms with van der Waals surface area (Å²) in [7, 11) is 0. The minimum atomic E-state index is 0.318. The molecule has 0 aliphatic carbocycles. The van der Waals surface area contributed by atoms with Crippen molar-refractivity contribution >= 4 is 0 Å². The first-order valence-electron chi connectivity index (χ1n) is 7.07. The van der Waals surface area contributed by atoms with E-state index in [0.29, 0.717) is 22.4 Å². The van der Waals surface area contributed by atoms with E-state index in [2.05, 4.69) is 58.3 Å². The number of nitrogens with zero attached hydrogens (tertiary/aromatic N) is 2. The predicted molar refractivity (Wildman–Crippen MR) is 74.2 cm³/mol. The maximum Gasteiger partial charge on any atom is 0.0125 e. The molecule has 0 amide bonds. The van der Waals surface area contributed by atoms with Crippen LogP contribution in [0.1, 0.15) is 48.5 Å². The standard InChI is InChI=1S/C15H30N2/c1-12(2)16-8-14(6)10-17(13(3,4)5)11-15(14,7)9-16/h12H,8-11H2,1-7H3. The molecule has 2 nitrogen and oxygen atoms in total. The summed E-state index contributed by atoms with van der Waals surface area (Å²) in [5, 5.41) is 0. The first-order valence-corrected chi connectivity index (χ1v) is 7.07. The lowest BCUT2D eigenvalue weighted by Crippen LogP contribution is -2.44. The van der Waals surface area contributed by atoms with Gasteiger partial charge in [0.15, 0.2) is 0 Å². The number of hydrogen-bond donors (Lipinski definition) is 0. The average molecular weight is 238 g/mol. The van der Waals surface area contributed by atoms with Crippen LogP contribution >= 0.6 is 0 Å². The van der Waals surface area contributed by atoms with Gasteiger partial charge in [-0.05, 0) is 34.6 Å². The van der Waals surface area contributed by atoms with E-state index in [1.165, 1.54) is 26.2 Å². The Morgan fingerprint density at radius 3 is 1.59 bits per heavy atom. The molecule has 2 fully saturated rings. The van der Waals surface area contributed by atoms with Gasteiger partial charge >= 0.3 is 0 Å². The van der Waals surface area contributed by atoms with Crippen molar-refractivity contribution in [1.82, 2.24) is 9.80 Å². The van der Waals surface area contributed by atoms with E-state index < -0.39 is 0 Å². The lowest BCUT2D eigenvalue weighted by Gasteiger charge is -2.35. The molecular formula is C15H30N2. The van der Waals surface area contributed by atoms with E-state index >= 15 is 0 Å². The van der Waals surface area contributed by atoms with Crippen molar-refractivity contribution in [2.75, 3.05) is 26.2 Å². The van der Waals surface area contributed by atoms with Crippen LogP contribution in [0.4, 0.5) is 0 Å². The summed E-state index contributed by atoms with van der Waals surface area (Å²) < 4.78 is 0. The monoisotopic (exact) mass is 238 g/mol. The third-order valence-electron chi connectivity index (χ3n) is 5.32. The molecule has 2 heterocycles. The van der Waals surface area contributed by atoms with Crippen molar-refractivity contribution in [2.24, 2.45) is 10.8 Å². The largest absolute Gasteiger partial charge is 0.300 e. The highest BCUT2D eigenvalue weighted by molar-refractivity contribution is 5.11. The van der Waals surface area contributed by atoms with Gasteiger partial charge in [-0.25, -0.2) is 0 Å². The summed E-state index contributed by atoms with van der Waals surface area (Å²) in [6.07, 6.45) is 0. The van der Waals surface area contributed by atoms with Crippen LogP contribution in [0.2, 0.25) is 0 Å². The molecule has 2 aliphatic rings. The Hall–Kier alpha value is -0.0800. The first kappa shape index (κ1) is 13.4. The molecule has 0 aromatic heterocycles. The second kappa shape index (κ2) is 3.71. The van der Waals surface area contributed by atoms with Gasteiger partial charge in [-0.3, -0.25) is 9.80 Å². The highest BCUT2D eigenvalue weighted by atomic mass is 15.3. The van der Waals surface area contributed by atoms with Crippen LogP contribution in [0.25, 0.3) is 0 Å². The van der Waals surface area contributed by atoms with Crippen molar-refractivity contribution in [3.63, 3.8) is 0 Å². The molecule has 2 atom stereocenters. The summed E-state index contributed by atoms with van der Waals surface area (Å²) in [6.45, 7) is 21.8. The van der Waals surface area contributed by atoms with Gasteiger partial charge in [0, 0.05) is 48.6 Å². The van der Waals surface area contributed by atoms with Gasteiger partial charge in [0.2, 0.25) is 0 Å². The van der Waals surface area contributed by atoms with Gasteiger partial charge in [-0.15, -0.1) is 0 Å². The van der Waals surface area contributed by atoms with Crippen molar-refractivity contribution < 1.29 is 0 Å². The normalized spacial score (nSPS) is 40.2. The Bertz CT molecular complexity index is 285. The third kappa shape index (κ3) is 2.04. The summed E-state index contributed by atoms with van der Waals surface area (Å²) in [4.78, 5) is 5.35. The van der Waals surface area contributed by atoms with Crippen LogP contribution in [0.15, 0.2) is 0 Å². The molecule has 0 aromatic carbocycles. The van der Waals surface area contributed by atoms with Crippen molar-refractivity contribution in [2.45, 2.75) is 60.0 Å². The summed E-state index contributed by atoms with van der Waals surface area (Å²) >= 11 is 0. The molecule has 0 spiro atoms. The molecule has 0 saturated carbocycles. The molecule has 17 heavy (non-hydrogen) atoms. The summed E-state index contributed by atoms with van der Waals surface area (Å²) in [6, 6.07) is 0.692. The smallest absolute Gasteiger partial charge is 0.0125 e. The van der Waals surface area contributed by atoms with E-state index in [1.807, 2.05) is 0 Å². The molecule has 0 N–H and O–H groups in total. The Balaban J connectivity index is 2.18. The topological polar surface area (TPSA) is 6.48 Å². The first-order chi connectivity index (χ1) is 7.57. The molecule has 2 rings (SSSR count). The minimum absolute atomic E-state index is 0.318. The van der Waals surface area contributed by atoms with Gasteiger partial charge in [0.25, 0.3) is 0 Å². The fourth-order valence-corrected chi connectivity index (χ4v) is 3.55. The lowest BCUT2D eigenvalue weighted by atomic mass is 9.71. The lowest BCUT2D eigenvalue weighted by molar-refractivity contribution is 0.126.